The van der Waals surface area contributed by atoms with Gasteiger partial charge in [-0.3, -0.25) is 4.90 Å². The van der Waals surface area contributed by atoms with Crippen LogP contribution >= 0.6 is 0 Å². The molecule has 2 N–H and O–H groups in total. The smallest absolute Gasteiger partial charge is 0.338 e. The number of aryl methyl sites for hydroxylation is 1. The summed E-state index contributed by atoms with van der Waals surface area (Å²) in [5.41, 5.74) is 3.03. The summed E-state index contributed by atoms with van der Waals surface area (Å²) in [6.45, 7) is 7.78. The highest BCUT2D eigenvalue weighted by Gasteiger charge is 2.34. The minimum absolute atomic E-state index is 0.271. The van der Waals surface area contributed by atoms with E-state index in [2.05, 4.69) is 25.4 Å². The minimum atomic E-state index is -0.548. The Morgan fingerprint density at radius 3 is 2.53 bits per heavy atom. The lowest BCUT2D eigenvalue weighted by Gasteiger charge is -2.37. The van der Waals surface area contributed by atoms with Crippen molar-refractivity contribution >= 4 is 17.8 Å². The predicted octanol–water partition coefficient (Wildman–Crippen LogP) is 2.38. The lowest BCUT2D eigenvalue weighted by atomic mass is 9.94. The number of nitrogens with one attached hydrogen (secondary N) is 2. The summed E-state index contributed by atoms with van der Waals surface area (Å²) in [5, 5.41) is 5.76. The molecule has 1 aromatic heterocycles. The van der Waals surface area contributed by atoms with Crippen molar-refractivity contribution in [1.82, 2.24) is 20.5 Å². The first-order valence-corrected chi connectivity index (χ1v) is 11.0. The summed E-state index contributed by atoms with van der Waals surface area (Å²) in [6.07, 6.45) is 1.80. The molecule has 0 spiro atoms. The summed E-state index contributed by atoms with van der Waals surface area (Å²) >= 11 is 0. The van der Waals surface area contributed by atoms with Crippen molar-refractivity contribution in [3.8, 4) is 0 Å². The summed E-state index contributed by atoms with van der Waals surface area (Å²) in [6, 6.07) is 12.9. The quantitative estimate of drug-likeness (QED) is 0.678. The van der Waals surface area contributed by atoms with Gasteiger partial charge in [-0.05, 0) is 31.5 Å². The maximum absolute atomic E-state index is 12.9. The molecule has 0 bridgehead atoms. The van der Waals surface area contributed by atoms with Crippen LogP contribution in [0.3, 0.4) is 0 Å². The van der Waals surface area contributed by atoms with Crippen molar-refractivity contribution < 1.29 is 14.3 Å². The molecule has 2 aromatic rings. The number of piperazine rings is 1. The number of benzene rings is 1. The van der Waals surface area contributed by atoms with Gasteiger partial charge in [-0.15, -0.1) is 0 Å². The van der Waals surface area contributed by atoms with Crippen molar-refractivity contribution in [3.05, 3.63) is 71.1 Å². The largest absolute Gasteiger partial charge is 0.463 e. The van der Waals surface area contributed by atoms with Crippen LogP contribution in [0.5, 0.6) is 0 Å². The van der Waals surface area contributed by atoms with Crippen molar-refractivity contribution in [2.24, 2.45) is 0 Å². The van der Waals surface area contributed by atoms with Crippen LogP contribution in [0.25, 0.3) is 0 Å². The first kappa shape index (κ1) is 21.8. The Morgan fingerprint density at radius 2 is 1.88 bits per heavy atom. The number of pyridine rings is 1. The Morgan fingerprint density at radius 1 is 1.12 bits per heavy atom. The minimum Gasteiger partial charge on any atom is -0.463 e. The van der Waals surface area contributed by atoms with E-state index in [1.165, 1.54) is 0 Å². The molecule has 168 valence electrons. The zero-order valence-electron chi connectivity index (χ0n) is 18.5. The number of hydrogen-bond acceptors (Lipinski definition) is 6. The number of carbonyl (C=O) groups excluding carboxylic acids is 2. The second-order valence-corrected chi connectivity index (χ2v) is 8.01. The fourth-order valence-corrected chi connectivity index (χ4v) is 4.10. The second kappa shape index (κ2) is 9.82. The summed E-state index contributed by atoms with van der Waals surface area (Å²) < 4.78 is 5.36. The average Bonchev–Trinajstić information content (AvgIpc) is 2.80. The number of urea groups is 1. The molecule has 0 aliphatic carbocycles. The number of aromatic nitrogens is 1. The summed E-state index contributed by atoms with van der Waals surface area (Å²) in [5.74, 6) is 0.556. The van der Waals surface area contributed by atoms with E-state index < -0.39 is 12.0 Å². The summed E-state index contributed by atoms with van der Waals surface area (Å²) in [4.78, 5) is 34.3. The third-order valence-corrected chi connectivity index (χ3v) is 5.79. The van der Waals surface area contributed by atoms with Gasteiger partial charge >= 0.3 is 12.0 Å². The number of carbonyl (C=O) groups is 2. The van der Waals surface area contributed by atoms with Crippen LogP contribution in [0.15, 0.2) is 59.9 Å². The van der Waals surface area contributed by atoms with Gasteiger partial charge in [-0.2, -0.15) is 0 Å². The molecule has 2 amide bonds. The van der Waals surface area contributed by atoms with Gasteiger partial charge in [0.25, 0.3) is 0 Å². The Hall–Kier alpha value is -3.39. The predicted molar refractivity (Wildman–Crippen MR) is 122 cm³/mol. The van der Waals surface area contributed by atoms with E-state index >= 15 is 0 Å². The fourth-order valence-electron chi connectivity index (χ4n) is 4.10. The topological polar surface area (TPSA) is 86.8 Å². The van der Waals surface area contributed by atoms with E-state index in [4.69, 9.17) is 4.74 Å². The van der Waals surface area contributed by atoms with Crippen molar-refractivity contribution in [1.29, 1.82) is 0 Å². The van der Waals surface area contributed by atoms with E-state index in [1.807, 2.05) is 49.4 Å². The lowest BCUT2D eigenvalue weighted by Crippen LogP contribution is -2.52. The molecule has 0 radical (unpaired) electrons. The van der Waals surface area contributed by atoms with Crippen molar-refractivity contribution in [2.45, 2.75) is 19.9 Å². The van der Waals surface area contributed by atoms with Crippen molar-refractivity contribution in [3.63, 3.8) is 0 Å². The molecular weight excluding hydrogens is 406 g/mol. The standard InChI is InChI=1S/C24H29N5O3/c1-3-32-23(30)21-19(26-24(31)27-22(21)18-9-7-17(2)8-10-18)16-28-12-14-29(15-13-28)20-6-4-5-11-25-20/h4-11,22H,3,12-16H2,1-2H3,(H2,26,27,31)/t22-/m1/s1. The second-order valence-electron chi connectivity index (χ2n) is 8.01. The number of amides is 2. The van der Waals surface area contributed by atoms with Gasteiger partial charge in [0.2, 0.25) is 0 Å². The maximum Gasteiger partial charge on any atom is 0.338 e. The van der Waals surface area contributed by atoms with Crippen LogP contribution in [-0.4, -0.2) is 61.2 Å². The van der Waals surface area contributed by atoms with Crippen LogP contribution in [0.2, 0.25) is 0 Å². The molecule has 1 aromatic carbocycles. The SMILES string of the molecule is CCOC(=O)C1=C(CN2CCN(c3ccccn3)CC2)NC(=O)N[C@@H]1c1ccc(C)cc1. The number of nitrogens with zero attached hydrogens (tertiary/aromatic N) is 3. The Balaban J connectivity index is 1.56. The van der Waals surface area contributed by atoms with E-state index in [-0.39, 0.29) is 12.6 Å². The molecule has 0 saturated carbocycles. The first-order valence-electron chi connectivity index (χ1n) is 11.0. The van der Waals surface area contributed by atoms with Crippen LogP contribution in [0.1, 0.15) is 24.1 Å². The lowest BCUT2D eigenvalue weighted by molar-refractivity contribution is -0.139. The van der Waals surface area contributed by atoms with Gasteiger partial charge in [-0.25, -0.2) is 14.6 Å². The van der Waals surface area contributed by atoms with E-state index in [9.17, 15) is 9.59 Å². The number of esters is 1. The first-order chi connectivity index (χ1) is 15.5. The molecule has 3 heterocycles. The Labute approximate surface area is 188 Å². The Bertz CT molecular complexity index is 982. The fraction of sp³-hybridized carbons (Fsp3) is 0.375. The molecule has 8 heteroatoms. The van der Waals surface area contributed by atoms with Crippen LogP contribution in [0.4, 0.5) is 10.6 Å². The Kier molecular flexibility index (Phi) is 6.70. The molecule has 4 rings (SSSR count). The van der Waals surface area contributed by atoms with Gasteiger partial charge in [0.1, 0.15) is 5.82 Å². The molecule has 0 unspecified atom stereocenters. The van der Waals surface area contributed by atoms with Crippen molar-refractivity contribution in [2.75, 3.05) is 44.2 Å². The third kappa shape index (κ3) is 4.91. The number of ether oxygens (including phenoxy) is 1. The molecule has 1 atom stereocenters. The van der Waals surface area contributed by atoms with Gasteiger partial charge in [0.05, 0.1) is 18.2 Å². The zero-order valence-corrected chi connectivity index (χ0v) is 18.5. The highest BCUT2D eigenvalue weighted by Crippen LogP contribution is 2.28. The molecule has 1 saturated heterocycles. The average molecular weight is 436 g/mol. The molecule has 2 aliphatic rings. The molecule has 8 nitrogen and oxygen atoms in total. The van der Waals surface area contributed by atoms with E-state index in [1.54, 1.807) is 13.1 Å². The zero-order chi connectivity index (χ0) is 22.5. The molecular formula is C24H29N5O3. The molecule has 32 heavy (non-hydrogen) atoms. The number of rotatable bonds is 6. The normalized spacial score (nSPS) is 19.4. The van der Waals surface area contributed by atoms with E-state index in [0.29, 0.717) is 17.8 Å². The van der Waals surface area contributed by atoms with Crippen LogP contribution in [0, 0.1) is 6.92 Å². The maximum atomic E-state index is 12.9. The molecule has 2 aliphatic heterocycles. The van der Waals surface area contributed by atoms with Crippen LogP contribution < -0.4 is 15.5 Å². The van der Waals surface area contributed by atoms with Gasteiger partial charge in [0, 0.05) is 44.6 Å². The summed E-state index contributed by atoms with van der Waals surface area (Å²) in [7, 11) is 0. The number of anilines is 1. The van der Waals surface area contributed by atoms with E-state index in [0.717, 1.165) is 43.1 Å². The van der Waals surface area contributed by atoms with Crippen LogP contribution in [-0.2, 0) is 9.53 Å². The number of hydrogen-bond donors (Lipinski definition) is 2. The van der Waals surface area contributed by atoms with Gasteiger partial charge in [-0.1, -0.05) is 35.9 Å². The van der Waals surface area contributed by atoms with Gasteiger partial charge in [0.15, 0.2) is 0 Å². The highest BCUT2D eigenvalue weighted by atomic mass is 16.5. The monoisotopic (exact) mass is 435 g/mol. The third-order valence-electron chi connectivity index (χ3n) is 5.79. The highest BCUT2D eigenvalue weighted by molar-refractivity contribution is 5.95. The van der Waals surface area contributed by atoms with Gasteiger partial charge < -0.3 is 20.3 Å². The molecule has 1 fully saturated rings.